The minimum Gasteiger partial charge on any atom is -0.460 e. The number of allylic oxidation sites excluding steroid dienone is 1. The molecule has 0 aliphatic carbocycles. The van der Waals surface area contributed by atoms with Gasteiger partial charge in [0.2, 0.25) is 5.76 Å². The lowest BCUT2D eigenvalue weighted by atomic mass is 10.2. The van der Waals surface area contributed by atoms with E-state index in [2.05, 4.69) is 22.6 Å². The Morgan fingerprint density at radius 2 is 1.89 bits per heavy atom. The molecule has 0 radical (unpaired) electrons. The molecule has 1 aromatic carbocycles. The number of hydrogen-bond acceptors (Lipinski definition) is 4. The largest absolute Gasteiger partial charge is 0.460 e. The number of halogens is 1. The summed E-state index contributed by atoms with van der Waals surface area (Å²) in [6.07, 6.45) is 1.41. The lowest BCUT2D eigenvalue weighted by Gasteiger charge is -2.07. The molecule has 0 atom stereocenters. The molecule has 96 valence electrons. The molecule has 5 heteroatoms. The van der Waals surface area contributed by atoms with Gasteiger partial charge in [-0.3, -0.25) is 0 Å². The molecule has 4 nitrogen and oxygen atoms in total. The van der Waals surface area contributed by atoms with Crippen LogP contribution >= 0.6 is 22.6 Å². The summed E-state index contributed by atoms with van der Waals surface area (Å²) in [4.78, 5) is 23.2. The molecule has 0 aromatic heterocycles. The smallest absolute Gasteiger partial charge is 0.374 e. The van der Waals surface area contributed by atoms with E-state index in [1.54, 1.807) is 38.1 Å². The Bertz CT molecular complexity index is 462. The number of carbonyl (C=O) groups is 2. The summed E-state index contributed by atoms with van der Waals surface area (Å²) >= 11 is 2.14. The lowest BCUT2D eigenvalue weighted by Crippen LogP contribution is -2.14. The summed E-state index contributed by atoms with van der Waals surface area (Å²) in [5, 5.41) is 0. The maximum Gasteiger partial charge on any atom is 0.374 e. The fourth-order valence-corrected chi connectivity index (χ4v) is 1.53. The molecule has 0 unspecified atom stereocenters. The maximum atomic E-state index is 11.8. The first-order valence-corrected chi connectivity index (χ1v) is 6.47. The predicted molar refractivity (Wildman–Crippen MR) is 75.0 cm³/mol. The van der Waals surface area contributed by atoms with Crippen molar-refractivity contribution in [3.63, 3.8) is 0 Å². The van der Waals surface area contributed by atoms with Gasteiger partial charge in [-0.25, -0.2) is 9.59 Å². The first-order chi connectivity index (χ1) is 8.58. The average Bonchev–Trinajstić information content (AvgIpc) is 2.36. The molecule has 0 fully saturated rings. The monoisotopic (exact) mass is 360 g/mol. The first-order valence-electron chi connectivity index (χ1n) is 5.39. The number of ether oxygens (including phenoxy) is 2. The Hall–Kier alpha value is -1.37. The third kappa shape index (κ3) is 4.14. The van der Waals surface area contributed by atoms with E-state index in [0.29, 0.717) is 5.56 Å². The van der Waals surface area contributed by atoms with Gasteiger partial charge in [-0.05, 0) is 66.8 Å². The van der Waals surface area contributed by atoms with Crippen LogP contribution in [-0.2, 0) is 14.3 Å². The highest BCUT2D eigenvalue weighted by Gasteiger charge is 2.16. The van der Waals surface area contributed by atoms with Crippen LogP contribution in [0.4, 0.5) is 0 Å². The number of esters is 2. The number of carbonyl (C=O) groups excluding carboxylic acids is 2. The van der Waals surface area contributed by atoms with Crippen LogP contribution in [0.2, 0.25) is 0 Å². The van der Waals surface area contributed by atoms with E-state index in [0.717, 1.165) is 3.57 Å². The zero-order chi connectivity index (χ0) is 13.5. The molecule has 0 aliphatic rings. The highest BCUT2D eigenvalue weighted by molar-refractivity contribution is 14.1. The molecule has 18 heavy (non-hydrogen) atoms. The summed E-state index contributed by atoms with van der Waals surface area (Å²) in [6.45, 7) is 3.52. The van der Waals surface area contributed by atoms with E-state index in [9.17, 15) is 9.59 Å². The zero-order valence-electron chi connectivity index (χ0n) is 10.1. The molecule has 0 heterocycles. The summed E-state index contributed by atoms with van der Waals surface area (Å²) in [6, 6.07) is 6.86. The third-order valence-electron chi connectivity index (χ3n) is 2.02. The number of hydrogen-bond donors (Lipinski definition) is 0. The molecule has 0 aliphatic heterocycles. The lowest BCUT2D eigenvalue weighted by molar-refractivity contribution is -0.141. The Morgan fingerprint density at radius 3 is 2.39 bits per heavy atom. The molecule has 1 aromatic rings. The van der Waals surface area contributed by atoms with Crippen LogP contribution in [0.3, 0.4) is 0 Å². The summed E-state index contributed by atoms with van der Waals surface area (Å²) < 4.78 is 10.8. The van der Waals surface area contributed by atoms with Gasteiger partial charge in [0.25, 0.3) is 0 Å². The van der Waals surface area contributed by atoms with E-state index in [1.165, 1.54) is 6.08 Å². The fraction of sp³-hybridized carbons (Fsp3) is 0.231. The molecular formula is C13H13IO4. The van der Waals surface area contributed by atoms with Crippen molar-refractivity contribution < 1.29 is 19.1 Å². The van der Waals surface area contributed by atoms with Gasteiger partial charge in [0.1, 0.15) is 0 Å². The molecule has 0 N–H and O–H groups in total. The van der Waals surface area contributed by atoms with E-state index < -0.39 is 11.9 Å². The highest BCUT2D eigenvalue weighted by Crippen LogP contribution is 2.11. The van der Waals surface area contributed by atoms with Gasteiger partial charge in [-0.1, -0.05) is 0 Å². The van der Waals surface area contributed by atoms with Crippen LogP contribution in [0, 0.1) is 3.57 Å². The van der Waals surface area contributed by atoms with Gasteiger partial charge in [-0.15, -0.1) is 0 Å². The van der Waals surface area contributed by atoms with E-state index >= 15 is 0 Å². The topological polar surface area (TPSA) is 52.6 Å². The molecule has 0 saturated carbocycles. The summed E-state index contributed by atoms with van der Waals surface area (Å²) in [5.74, 6) is -1.31. The van der Waals surface area contributed by atoms with Gasteiger partial charge in [0.15, 0.2) is 0 Å². The third-order valence-corrected chi connectivity index (χ3v) is 2.74. The Kier molecular flexibility index (Phi) is 5.84. The van der Waals surface area contributed by atoms with Crippen molar-refractivity contribution in [2.45, 2.75) is 13.8 Å². The second kappa shape index (κ2) is 7.15. The number of rotatable bonds is 4. The van der Waals surface area contributed by atoms with Crippen molar-refractivity contribution >= 4 is 34.5 Å². The highest BCUT2D eigenvalue weighted by atomic mass is 127. The van der Waals surface area contributed by atoms with Crippen molar-refractivity contribution in [2.75, 3.05) is 6.61 Å². The minimum atomic E-state index is -0.640. The van der Waals surface area contributed by atoms with Crippen LogP contribution in [0.15, 0.2) is 36.1 Å². The maximum absolute atomic E-state index is 11.8. The second-order valence-electron chi connectivity index (χ2n) is 3.27. The average molecular weight is 360 g/mol. The quantitative estimate of drug-likeness (QED) is 0.359. The first kappa shape index (κ1) is 14.7. The Labute approximate surface area is 119 Å². The van der Waals surface area contributed by atoms with Crippen molar-refractivity contribution in [3.05, 3.63) is 45.2 Å². The van der Waals surface area contributed by atoms with Crippen LogP contribution in [0.5, 0.6) is 0 Å². The van der Waals surface area contributed by atoms with Crippen molar-refractivity contribution in [1.29, 1.82) is 0 Å². The molecule has 0 bridgehead atoms. The SMILES string of the molecule is CC=C(OC(=O)c1ccc(I)cc1)C(=O)OCC. The number of benzene rings is 1. The fourth-order valence-electron chi connectivity index (χ4n) is 1.17. The zero-order valence-corrected chi connectivity index (χ0v) is 12.3. The summed E-state index contributed by atoms with van der Waals surface area (Å²) in [5.41, 5.74) is 0.388. The molecule has 0 spiro atoms. The van der Waals surface area contributed by atoms with Gasteiger partial charge in [0, 0.05) is 3.57 Å². The standard InChI is InChI=1S/C13H13IO4/c1-3-11(13(16)17-4-2)18-12(15)9-5-7-10(14)8-6-9/h3,5-8H,4H2,1-2H3. The van der Waals surface area contributed by atoms with Crippen LogP contribution < -0.4 is 0 Å². The summed E-state index contributed by atoms with van der Waals surface area (Å²) in [7, 11) is 0. The van der Waals surface area contributed by atoms with Gasteiger partial charge in [-0.2, -0.15) is 0 Å². The van der Waals surface area contributed by atoms with Crippen LogP contribution in [-0.4, -0.2) is 18.5 Å². The molecular weight excluding hydrogens is 347 g/mol. The van der Waals surface area contributed by atoms with Crippen LogP contribution in [0.1, 0.15) is 24.2 Å². The minimum absolute atomic E-state index is 0.0969. The Morgan fingerprint density at radius 1 is 1.28 bits per heavy atom. The van der Waals surface area contributed by atoms with Gasteiger partial charge < -0.3 is 9.47 Å². The van der Waals surface area contributed by atoms with E-state index in [-0.39, 0.29) is 12.4 Å². The predicted octanol–water partition coefficient (Wildman–Crippen LogP) is 2.91. The van der Waals surface area contributed by atoms with Crippen molar-refractivity contribution in [1.82, 2.24) is 0 Å². The van der Waals surface area contributed by atoms with E-state index in [4.69, 9.17) is 9.47 Å². The Balaban J connectivity index is 2.74. The molecule has 0 amide bonds. The normalized spacial score (nSPS) is 10.9. The van der Waals surface area contributed by atoms with Crippen LogP contribution in [0.25, 0.3) is 0 Å². The second-order valence-corrected chi connectivity index (χ2v) is 4.52. The van der Waals surface area contributed by atoms with Gasteiger partial charge >= 0.3 is 11.9 Å². The van der Waals surface area contributed by atoms with Gasteiger partial charge in [0.05, 0.1) is 12.2 Å². The molecule has 0 saturated heterocycles. The van der Waals surface area contributed by atoms with Crippen molar-refractivity contribution in [3.8, 4) is 0 Å². The van der Waals surface area contributed by atoms with Crippen molar-refractivity contribution in [2.24, 2.45) is 0 Å². The molecule has 1 rings (SSSR count). The van der Waals surface area contributed by atoms with E-state index in [1.807, 2.05) is 0 Å².